The molecular weight excluding hydrogens is 242 g/mol. The van der Waals surface area contributed by atoms with Crippen LogP contribution in [0.1, 0.15) is 33.1 Å². The summed E-state index contributed by atoms with van der Waals surface area (Å²) in [4.78, 5) is 30.3. The van der Waals surface area contributed by atoms with Gasteiger partial charge in [0.15, 0.2) is 0 Å². The summed E-state index contributed by atoms with van der Waals surface area (Å²) in [6, 6.07) is 3.64. The highest BCUT2D eigenvalue weighted by molar-refractivity contribution is 6.04. The summed E-state index contributed by atoms with van der Waals surface area (Å²) >= 11 is 0. The van der Waals surface area contributed by atoms with Crippen LogP contribution < -0.4 is 10.2 Å². The molecule has 2 heterocycles. The number of pyridine rings is 1. The van der Waals surface area contributed by atoms with E-state index in [1.165, 1.54) is 0 Å². The molecule has 0 aromatic carbocycles. The fourth-order valence-electron chi connectivity index (χ4n) is 2.45. The van der Waals surface area contributed by atoms with Crippen molar-refractivity contribution >= 4 is 17.5 Å². The maximum absolute atomic E-state index is 12.8. The van der Waals surface area contributed by atoms with Crippen molar-refractivity contribution in [3.8, 4) is 0 Å². The van der Waals surface area contributed by atoms with Gasteiger partial charge >= 0.3 is 0 Å². The molecule has 0 bridgehead atoms. The van der Waals surface area contributed by atoms with Gasteiger partial charge in [-0.15, -0.1) is 0 Å². The van der Waals surface area contributed by atoms with Crippen LogP contribution in [0.3, 0.4) is 0 Å². The molecule has 0 saturated carbocycles. The predicted octanol–water partition coefficient (Wildman–Crippen LogP) is 1.49. The third kappa shape index (κ3) is 2.45. The molecule has 102 valence electrons. The zero-order chi connectivity index (χ0) is 13.9. The Bertz CT molecular complexity index is 469. The second-order valence-electron chi connectivity index (χ2n) is 4.76. The Labute approximate surface area is 113 Å². The van der Waals surface area contributed by atoms with Gasteiger partial charge in [-0.25, -0.2) is 0 Å². The first kappa shape index (κ1) is 13.5. The Kier molecular flexibility index (Phi) is 3.83. The van der Waals surface area contributed by atoms with E-state index in [-0.39, 0.29) is 11.8 Å². The van der Waals surface area contributed by atoms with Crippen molar-refractivity contribution in [1.29, 1.82) is 0 Å². The van der Waals surface area contributed by atoms with Crippen molar-refractivity contribution in [1.82, 2.24) is 10.3 Å². The van der Waals surface area contributed by atoms with Crippen LogP contribution in [0.2, 0.25) is 0 Å². The lowest BCUT2D eigenvalue weighted by molar-refractivity contribution is -0.130. The third-order valence-corrected chi connectivity index (χ3v) is 3.76. The first-order valence-electron chi connectivity index (χ1n) is 6.66. The molecule has 0 unspecified atom stereocenters. The average molecular weight is 261 g/mol. The second kappa shape index (κ2) is 5.38. The lowest BCUT2D eigenvalue weighted by Crippen LogP contribution is -2.56. The van der Waals surface area contributed by atoms with Crippen molar-refractivity contribution in [2.45, 2.75) is 38.6 Å². The van der Waals surface area contributed by atoms with Crippen LogP contribution in [-0.4, -0.2) is 28.9 Å². The van der Waals surface area contributed by atoms with Gasteiger partial charge in [0, 0.05) is 19.2 Å². The lowest BCUT2D eigenvalue weighted by atomic mass is 9.91. The summed E-state index contributed by atoms with van der Waals surface area (Å²) in [5.41, 5.74) is -0.0426. The van der Waals surface area contributed by atoms with Gasteiger partial charge in [0.1, 0.15) is 5.54 Å². The van der Waals surface area contributed by atoms with Crippen LogP contribution >= 0.6 is 0 Å². The maximum atomic E-state index is 12.8. The number of amides is 2. The van der Waals surface area contributed by atoms with Crippen molar-refractivity contribution < 1.29 is 9.59 Å². The summed E-state index contributed by atoms with van der Waals surface area (Å²) in [5.74, 6) is -0.111. The first-order chi connectivity index (χ1) is 9.13. The van der Waals surface area contributed by atoms with Crippen LogP contribution in [-0.2, 0) is 9.59 Å². The maximum Gasteiger partial charge on any atom is 0.252 e. The van der Waals surface area contributed by atoms with E-state index in [0.29, 0.717) is 25.8 Å². The Morgan fingerprint density at radius 2 is 2.11 bits per heavy atom. The van der Waals surface area contributed by atoms with E-state index in [9.17, 15) is 9.59 Å². The molecule has 0 aliphatic carbocycles. The third-order valence-electron chi connectivity index (χ3n) is 3.76. The highest BCUT2D eigenvalue weighted by atomic mass is 16.2. The molecule has 1 aromatic rings. The number of carbonyl (C=O) groups excluding carboxylic acids is 2. The van der Waals surface area contributed by atoms with Crippen LogP contribution in [0, 0.1) is 0 Å². The number of nitrogens with zero attached hydrogens (tertiary/aromatic N) is 2. The monoisotopic (exact) mass is 261 g/mol. The SMILES string of the molecule is CCC1(CC)NC(=O)CCN(c2cccnc2)C1=O. The van der Waals surface area contributed by atoms with Crippen LogP contribution in [0.4, 0.5) is 5.69 Å². The molecule has 0 radical (unpaired) electrons. The first-order valence-corrected chi connectivity index (χ1v) is 6.66. The normalized spacial score (nSPS) is 18.9. The van der Waals surface area contributed by atoms with Gasteiger partial charge in [0.05, 0.1) is 11.9 Å². The number of hydrogen-bond acceptors (Lipinski definition) is 3. The highest BCUT2D eigenvalue weighted by Gasteiger charge is 2.42. The molecule has 2 amide bonds. The van der Waals surface area contributed by atoms with Crippen molar-refractivity contribution in [3.05, 3.63) is 24.5 Å². The molecule has 5 heteroatoms. The van der Waals surface area contributed by atoms with E-state index in [1.54, 1.807) is 23.4 Å². The van der Waals surface area contributed by atoms with E-state index in [4.69, 9.17) is 0 Å². The summed E-state index contributed by atoms with van der Waals surface area (Å²) in [6.07, 6.45) is 4.82. The fourth-order valence-corrected chi connectivity index (χ4v) is 2.45. The number of anilines is 1. The minimum Gasteiger partial charge on any atom is -0.342 e. The molecule has 1 aliphatic heterocycles. The standard InChI is InChI=1S/C14H19N3O2/c1-3-14(4-2)13(19)17(9-7-12(18)16-14)11-6-5-8-15-10-11/h5-6,8,10H,3-4,7,9H2,1-2H3,(H,16,18). The van der Waals surface area contributed by atoms with Gasteiger partial charge in [-0.3, -0.25) is 14.6 Å². The Morgan fingerprint density at radius 3 is 2.68 bits per heavy atom. The number of nitrogens with one attached hydrogen (secondary N) is 1. The molecule has 5 nitrogen and oxygen atoms in total. The number of aromatic nitrogens is 1. The molecular formula is C14H19N3O2. The Morgan fingerprint density at radius 1 is 1.37 bits per heavy atom. The minimum atomic E-state index is -0.788. The molecule has 0 atom stereocenters. The fraction of sp³-hybridized carbons (Fsp3) is 0.500. The Hall–Kier alpha value is -1.91. The Balaban J connectivity index is 2.39. The highest BCUT2D eigenvalue weighted by Crippen LogP contribution is 2.25. The lowest BCUT2D eigenvalue weighted by Gasteiger charge is -2.33. The topological polar surface area (TPSA) is 62.3 Å². The van der Waals surface area contributed by atoms with Crippen LogP contribution in [0.5, 0.6) is 0 Å². The average Bonchev–Trinajstić information content (AvgIpc) is 2.57. The number of hydrogen-bond donors (Lipinski definition) is 1. The van der Waals surface area contributed by atoms with Crippen LogP contribution in [0.25, 0.3) is 0 Å². The van der Waals surface area contributed by atoms with Crippen molar-refractivity contribution in [2.24, 2.45) is 0 Å². The smallest absolute Gasteiger partial charge is 0.252 e. The van der Waals surface area contributed by atoms with Gasteiger partial charge in [0.25, 0.3) is 5.91 Å². The number of carbonyl (C=O) groups is 2. The van der Waals surface area contributed by atoms with Gasteiger partial charge in [-0.05, 0) is 25.0 Å². The molecule has 1 fully saturated rings. The molecule has 19 heavy (non-hydrogen) atoms. The van der Waals surface area contributed by atoms with E-state index < -0.39 is 5.54 Å². The van der Waals surface area contributed by atoms with E-state index in [1.807, 2.05) is 19.9 Å². The minimum absolute atomic E-state index is 0.0450. The zero-order valence-electron chi connectivity index (χ0n) is 11.3. The summed E-state index contributed by atoms with van der Waals surface area (Å²) in [7, 11) is 0. The summed E-state index contributed by atoms with van der Waals surface area (Å²) < 4.78 is 0. The molecule has 1 N–H and O–H groups in total. The van der Waals surface area contributed by atoms with E-state index >= 15 is 0 Å². The predicted molar refractivity (Wildman–Crippen MR) is 72.7 cm³/mol. The molecule has 1 saturated heterocycles. The number of rotatable bonds is 3. The summed E-state index contributed by atoms with van der Waals surface area (Å²) in [5, 5.41) is 2.89. The molecule has 0 spiro atoms. The zero-order valence-corrected chi connectivity index (χ0v) is 11.3. The van der Waals surface area contributed by atoms with Crippen molar-refractivity contribution in [3.63, 3.8) is 0 Å². The van der Waals surface area contributed by atoms with Crippen molar-refractivity contribution in [2.75, 3.05) is 11.4 Å². The van der Waals surface area contributed by atoms with Crippen LogP contribution in [0.15, 0.2) is 24.5 Å². The van der Waals surface area contributed by atoms with Gasteiger partial charge < -0.3 is 10.2 Å². The molecule has 2 rings (SSSR count). The van der Waals surface area contributed by atoms with Gasteiger partial charge in [-0.1, -0.05) is 13.8 Å². The molecule has 1 aromatic heterocycles. The largest absolute Gasteiger partial charge is 0.342 e. The van der Waals surface area contributed by atoms with E-state index in [0.717, 1.165) is 5.69 Å². The second-order valence-corrected chi connectivity index (χ2v) is 4.76. The quantitative estimate of drug-likeness (QED) is 0.896. The summed E-state index contributed by atoms with van der Waals surface area (Å²) in [6.45, 7) is 4.25. The van der Waals surface area contributed by atoms with E-state index in [2.05, 4.69) is 10.3 Å². The van der Waals surface area contributed by atoms with Gasteiger partial charge in [0.2, 0.25) is 5.91 Å². The molecule has 1 aliphatic rings. The van der Waals surface area contributed by atoms with Gasteiger partial charge in [-0.2, -0.15) is 0 Å².